The van der Waals surface area contributed by atoms with Crippen molar-refractivity contribution in [1.82, 2.24) is 9.88 Å². The third-order valence-corrected chi connectivity index (χ3v) is 3.71. The minimum absolute atomic E-state index is 0.288. The van der Waals surface area contributed by atoms with Crippen LogP contribution in [-0.4, -0.2) is 34.5 Å². The highest BCUT2D eigenvalue weighted by Gasteiger charge is 2.19. The third kappa shape index (κ3) is 5.70. The molecule has 0 saturated heterocycles. The zero-order valence-corrected chi connectivity index (χ0v) is 16.1. The highest BCUT2D eigenvalue weighted by atomic mass is 32.1. The van der Waals surface area contributed by atoms with Crippen molar-refractivity contribution in [2.24, 2.45) is 0 Å². The lowest BCUT2D eigenvalue weighted by molar-refractivity contribution is 0.0285. The molecule has 2 aromatic rings. The van der Waals surface area contributed by atoms with Crippen LogP contribution in [0.3, 0.4) is 0 Å². The van der Waals surface area contributed by atoms with Crippen LogP contribution >= 0.6 is 12.2 Å². The number of amides is 2. The number of aromatic amines is 1. The summed E-state index contributed by atoms with van der Waals surface area (Å²) in [7, 11) is 1.67. The Hall–Kier alpha value is -2.67. The van der Waals surface area contributed by atoms with Gasteiger partial charge in [0.1, 0.15) is 10.2 Å². The molecule has 0 aliphatic heterocycles. The van der Waals surface area contributed by atoms with Crippen LogP contribution in [0.2, 0.25) is 0 Å². The number of benzene rings is 1. The largest absolute Gasteiger partial charge is 0.444 e. The Bertz CT molecular complexity index is 855. The van der Waals surface area contributed by atoms with Crippen LogP contribution in [-0.2, 0) is 11.3 Å². The van der Waals surface area contributed by atoms with E-state index in [0.29, 0.717) is 22.4 Å². The molecule has 0 bridgehead atoms. The van der Waals surface area contributed by atoms with Gasteiger partial charge in [-0.25, -0.2) is 4.79 Å². The lowest BCUT2D eigenvalue weighted by atomic mass is 10.2. The molecule has 0 fully saturated rings. The minimum atomic E-state index is -0.546. The van der Waals surface area contributed by atoms with Gasteiger partial charge >= 0.3 is 6.09 Å². The number of aromatic nitrogens is 1. The Morgan fingerprint density at radius 1 is 1.23 bits per heavy atom. The molecule has 1 heterocycles. The van der Waals surface area contributed by atoms with Gasteiger partial charge in [-0.05, 0) is 50.6 Å². The van der Waals surface area contributed by atoms with Crippen LogP contribution in [0.5, 0.6) is 0 Å². The number of carbonyl (C=O) groups is 2. The maximum absolute atomic E-state index is 12.4. The number of hydrogen-bond acceptors (Lipinski definition) is 4. The normalized spacial score (nSPS) is 10.9. The summed E-state index contributed by atoms with van der Waals surface area (Å²) in [5.41, 5.74) is 1.35. The average Bonchev–Trinajstić information content (AvgIpc) is 2.54. The second-order valence-electron chi connectivity index (χ2n) is 6.90. The van der Waals surface area contributed by atoms with Crippen LogP contribution in [0.15, 0.2) is 42.6 Å². The van der Waals surface area contributed by atoms with E-state index in [1.165, 1.54) is 4.90 Å². The smallest absolute Gasteiger partial charge is 0.410 e. The molecule has 0 aliphatic carbocycles. The predicted molar refractivity (Wildman–Crippen MR) is 104 cm³/mol. The van der Waals surface area contributed by atoms with Crippen molar-refractivity contribution < 1.29 is 14.3 Å². The van der Waals surface area contributed by atoms with Gasteiger partial charge < -0.3 is 19.9 Å². The first kappa shape index (κ1) is 19.7. The first-order valence-electron chi connectivity index (χ1n) is 8.18. The van der Waals surface area contributed by atoms with Gasteiger partial charge in [0, 0.05) is 25.5 Å². The van der Waals surface area contributed by atoms with Crippen LogP contribution in [0, 0.1) is 4.64 Å². The van der Waals surface area contributed by atoms with Gasteiger partial charge in [0.25, 0.3) is 5.91 Å². The fraction of sp³-hybridized carbons (Fsp3) is 0.316. The van der Waals surface area contributed by atoms with Crippen LogP contribution in [0.1, 0.15) is 36.7 Å². The topological polar surface area (TPSA) is 74.4 Å². The van der Waals surface area contributed by atoms with E-state index in [-0.39, 0.29) is 5.91 Å². The second kappa shape index (κ2) is 8.14. The Morgan fingerprint density at radius 3 is 2.62 bits per heavy atom. The van der Waals surface area contributed by atoms with Gasteiger partial charge in [-0.2, -0.15) is 0 Å². The molecule has 6 nitrogen and oxygen atoms in total. The van der Waals surface area contributed by atoms with Crippen molar-refractivity contribution in [3.05, 3.63) is 58.4 Å². The van der Waals surface area contributed by atoms with Crippen molar-refractivity contribution in [3.63, 3.8) is 0 Å². The Kier molecular flexibility index (Phi) is 6.15. The van der Waals surface area contributed by atoms with Gasteiger partial charge in [0.15, 0.2) is 0 Å². The summed E-state index contributed by atoms with van der Waals surface area (Å²) in [5.74, 6) is -0.288. The Balaban J connectivity index is 2.06. The molecule has 2 N–H and O–H groups in total. The van der Waals surface area contributed by atoms with Crippen molar-refractivity contribution >= 4 is 29.9 Å². The first-order chi connectivity index (χ1) is 12.2. The molecule has 1 aromatic heterocycles. The molecule has 2 rings (SSSR count). The van der Waals surface area contributed by atoms with Crippen LogP contribution in [0.25, 0.3) is 0 Å². The molecule has 0 unspecified atom stereocenters. The summed E-state index contributed by atoms with van der Waals surface area (Å²) >= 11 is 5.12. The summed E-state index contributed by atoms with van der Waals surface area (Å²) in [6, 6.07) is 10.7. The monoisotopic (exact) mass is 373 g/mol. The fourth-order valence-electron chi connectivity index (χ4n) is 2.22. The lowest BCUT2D eigenvalue weighted by Crippen LogP contribution is -2.33. The molecule has 0 saturated carbocycles. The van der Waals surface area contributed by atoms with Crippen LogP contribution in [0.4, 0.5) is 10.5 Å². The first-order valence-corrected chi connectivity index (χ1v) is 8.58. The number of H-pyrrole nitrogens is 1. The zero-order valence-electron chi connectivity index (χ0n) is 15.3. The molecule has 7 heteroatoms. The van der Waals surface area contributed by atoms with E-state index < -0.39 is 11.7 Å². The summed E-state index contributed by atoms with van der Waals surface area (Å²) in [4.78, 5) is 28.7. The number of nitrogens with zero attached hydrogens (tertiary/aromatic N) is 1. The van der Waals surface area contributed by atoms with E-state index in [2.05, 4.69) is 10.3 Å². The van der Waals surface area contributed by atoms with Gasteiger partial charge in [0.2, 0.25) is 0 Å². The lowest BCUT2D eigenvalue weighted by Gasteiger charge is -2.24. The third-order valence-electron chi connectivity index (χ3n) is 3.37. The van der Waals surface area contributed by atoms with E-state index in [0.717, 1.165) is 5.56 Å². The fourth-order valence-corrected chi connectivity index (χ4v) is 2.45. The predicted octanol–water partition coefficient (Wildman–Crippen LogP) is 4.36. The van der Waals surface area contributed by atoms with E-state index in [1.807, 2.05) is 39.0 Å². The number of nitrogens with one attached hydrogen (secondary N) is 2. The number of anilines is 1. The average molecular weight is 373 g/mol. The van der Waals surface area contributed by atoms with E-state index >= 15 is 0 Å². The van der Waals surface area contributed by atoms with E-state index in [9.17, 15) is 9.59 Å². The van der Waals surface area contributed by atoms with Crippen molar-refractivity contribution in [2.75, 3.05) is 12.4 Å². The minimum Gasteiger partial charge on any atom is -0.444 e. The molecule has 0 radical (unpaired) electrons. The molecule has 138 valence electrons. The van der Waals surface area contributed by atoms with Crippen molar-refractivity contribution in [3.8, 4) is 0 Å². The summed E-state index contributed by atoms with van der Waals surface area (Å²) in [6.45, 7) is 5.83. The molecule has 1 aromatic carbocycles. The highest BCUT2D eigenvalue weighted by molar-refractivity contribution is 7.71. The Morgan fingerprint density at radius 2 is 1.96 bits per heavy atom. The SMILES string of the molecule is CN(Cc1cccc(NC(=O)c2ccc[nH]c2=S)c1)C(=O)OC(C)(C)C. The number of ether oxygens (including phenoxy) is 1. The highest BCUT2D eigenvalue weighted by Crippen LogP contribution is 2.16. The summed E-state index contributed by atoms with van der Waals surface area (Å²) in [6.07, 6.45) is 1.27. The van der Waals surface area contributed by atoms with Gasteiger partial charge in [0.05, 0.1) is 5.56 Å². The maximum Gasteiger partial charge on any atom is 0.410 e. The molecular formula is C19H23N3O3S. The molecular weight excluding hydrogens is 350 g/mol. The molecule has 0 aliphatic rings. The van der Waals surface area contributed by atoms with Gasteiger partial charge in [-0.3, -0.25) is 4.79 Å². The molecule has 0 atom stereocenters. The standard InChI is InChI=1S/C19H23N3O3S/c1-19(2,3)25-18(24)22(4)12-13-7-5-8-14(11-13)21-16(23)15-9-6-10-20-17(15)26/h5-11H,12H2,1-4H3,(H,20,26)(H,21,23). The summed E-state index contributed by atoms with van der Waals surface area (Å²) < 4.78 is 5.72. The number of rotatable bonds is 4. The molecule has 26 heavy (non-hydrogen) atoms. The molecule has 0 spiro atoms. The van der Waals surface area contributed by atoms with Crippen LogP contribution < -0.4 is 5.32 Å². The number of pyridine rings is 1. The van der Waals surface area contributed by atoms with Crippen molar-refractivity contribution in [1.29, 1.82) is 0 Å². The maximum atomic E-state index is 12.4. The second-order valence-corrected chi connectivity index (χ2v) is 7.31. The van der Waals surface area contributed by atoms with Gasteiger partial charge in [-0.15, -0.1) is 0 Å². The Labute approximate surface area is 158 Å². The quantitative estimate of drug-likeness (QED) is 0.781. The number of carbonyl (C=O) groups excluding carboxylic acids is 2. The van der Waals surface area contributed by atoms with E-state index in [1.54, 1.807) is 31.4 Å². The van der Waals surface area contributed by atoms with Crippen molar-refractivity contribution in [2.45, 2.75) is 32.9 Å². The van der Waals surface area contributed by atoms with E-state index in [4.69, 9.17) is 17.0 Å². The number of hydrogen-bond donors (Lipinski definition) is 2. The molecule has 2 amide bonds. The van der Waals surface area contributed by atoms with Gasteiger partial charge in [-0.1, -0.05) is 24.4 Å². The summed E-state index contributed by atoms with van der Waals surface area (Å²) in [5, 5.41) is 2.82. The zero-order chi connectivity index (χ0) is 19.3.